The molecular weight excluding hydrogens is 299 g/mol. The summed E-state index contributed by atoms with van der Waals surface area (Å²) in [6.45, 7) is 1.57. The minimum Gasteiger partial charge on any atom is -0.483 e. The molecule has 0 unspecified atom stereocenters. The quantitative estimate of drug-likeness (QED) is 0.654. The Morgan fingerprint density at radius 1 is 1.30 bits per heavy atom. The lowest BCUT2D eigenvalue weighted by Gasteiger charge is -2.07. The van der Waals surface area contributed by atoms with Crippen molar-refractivity contribution in [3.05, 3.63) is 64.4 Å². The summed E-state index contributed by atoms with van der Waals surface area (Å²) in [7, 11) is 0. The molecule has 2 aromatic rings. The lowest BCUT2D eigenvalue weighted by Crippen LogP contribution is -1.86. The molecule has 0 atom stereocenters. The van der Waals surface area contributed by atoms with E-state index in [-0.39, 0.29) is 12.3 Å². The molecule has 0 aliphatic heterocycles. The Hall–Kier alpha value is -1.52. The molecule has 20 heavy (non-hydrogen) atoms. The van der Waals surface area contributed by atoms with E-state index in [1.165, 1.54) is 17.7 Å². The van der Waals surface area contributed by atoms with Crippen molar-refractivity contribution in [2.45, 2.75) is 17.6 Å². The van der Waals surface area contributed by atoms with Crippen LogP contribution in [0.3, 0.4) is 0 Å². The average molecular weight is 313 g/mol. The van der Waals surface area contributed by atoms with Crippen LogP contribution in [0.15, 0.2) is 47.4 Å². The highest BCUT2D eigenvalue weighted by Crippen LogP contribution is 2.32. The van der Waals surface area contributed by atoms with Crippen molar-refractivity contribution in [3.63, 3.8) is 0 Å². The lowest BCUT2D eigenvalue weighted by atomic mass is 10.2. The molecule has 0 fully saturated rings. The van der Waals surface area contributed by atoms with E-state index in [0.717, 1.165) is 16.2 Å². The SMILES string of the molecule is Cc1cc(F)cc(SCc2ccccc2)c1Cl.O=CO. The van der Waals surface area contributed by atoms with Crippen LogP contribution in [-0.2, 0) is 10.5 Å². The molecule has 0 amide bonds. The standard InChI is InChI=1S/C14H12ClFS.CH2O2/c1-10-7-12(16)8-13(14(10)15)17-9-11-5-3-2-4-6-11;2-1-3/h2-8H,9H2,1H3;1H,(H,2,3). The maximum absolute atomic E-state index is 13.3. The zero-order valence-electron chi connectivity index (χ0n) is 10.8. The van der Waals surface area contributed by atoms with Crippen molar-refractivity contribution in [1.29, 1.82) is 0 Å². The number of carbonyl (C=O) groups is 1. The summed E-state index contributed by atoms with van der Waals surface area (Å²) in [6, 6.07) is 13.0. The number of hydrogen-bond acceptors (Lipinski definition) is 2. The Morgan fingerprint density at radius 2 is 1.90 bits per heavy atom. The van der Waals surface area contributed by atoms with Gasteiger partial charge in [-0.3, -0.25) is 4.79 Å². The Morgan fingerprint density at radius 3 is 2.50 bits per heavy atom. The third kappa shape index (κ3) is 5.23. The van der Waals surface area contributed by atoms with Gasteiger partial charge in [-0.05, 0) is 30.2 Å². The smallest absolute Gasteiger partial charge is 0.290 e. The van der Waals surface area contributed by atoms with Crippen LogP contribution in [0.2, 0.25) is 5.02 Å². The Kier molecular flexibility index (Phi) is 7.12. The molecule has 0 bridgehead atoms. The molecule has 0 saturated carbocycles. The van der Waals surface area contributed by atoms with E-state index in [0.29, 0.717) is 5.02 Å². The van der Waals surface area contributed by atoms with Crippen LogP contribution >= 0.6 is 23.4 Å². The summed E-state index contributed by atoms with van der Waals surface area (Å²) in [4.78, 5) is 9.16. The highest BCUT2D eigenvalue weighted by molar-refractivity contribution is 7.98. The van der Waals surface area contributed by atoms with Gasteiger partial charge in [0.05, 0.1) is 5.02 Å². The zero-order chi connectivity index (χ0) is 15.0. The van der Waals surface area contributed by atoms with Crippen LogP contribution in [0.4, 0.5) is 4.39 Å². The molecule has 2 rings (SSSR count). The highest BCUT2D eigenvalue weighted by atomic mass is 35.5. The molecule has 0 heterocycles. The van der Waals surface area contributed by atoms with E-state index >= 15 is 0 Å². The van der Waals surface area contributed by atoms with Crippen molar-refractivity contribution < 1.29 is 14.3 Å². The van der Waals surface area contributed by atoms with E-state index in [1.807, 2.05) is 37.3 Å². The van der Waals surface area contributed by atoms with E-state index in [1.54, 1.807) is 11.8 Å². The molecule has 1 N–H and O–H groups in total. The van der Waals surface area contributed by atoms with Gasteiger partial charge in [-0.25, -0.2) is 4.39 Å². The van der Waals surface area contributed by atoms with Crippen LogP contribution < -0.4 is 0 Å². The fourth-order valence-electron chi connectivity index (χ4n) is 1.54. The molecule has 0 aromatic heterocycles. The Balaban J connectivity index is 0.000000612. The molecule has 0 saturated heterocycles. The predicted octanol–water partition coefficient (Wildman–Crippen LogP) is 4.78. The third-order valence-electron chi connectivity index (χ3n) is 2.42. The van der Waals surface area contributed by atoms with Gasteiger partial charge in [0.25, 0.3) is 6.47 Å². The zero-order valence-corrected chi connectivity index (χ0v) is 12.4. The Labute approximate surface area is 126 Å². The van der Waals surface area contributed by atoms with Crippen molar-refractivity contribution in [1.82, 2.24) is 0 Å². The number of halogens is 2. The number of benzene rings is 2. The van der Waals surface area contributed by atoms with Gasteiger partial charge >= 0.3 is 0 Å². The minimum atomic E-state index is -0.250. The average Bonchev–Trinajstić information content (AvgIpc) is 2.43. The van der Waals surface area contributed by atoms with Crippen molar-refractivity contribution >= 4 is 29.8 Å². The van der Waals surface area contributed by atoms with Crippen LogP contribution in [0, 0.1) is 12.7 Å². The summed E-state index contributed by atoms with van der Waals surface area (Å²) in [5.74, 6) is 0.561. The van der Waals surface area contributed by atoms with E-state index in [4.69, 9.17) is 21.5 Å². The first kappa shape index (κ1) is 16.5. The number of aryl methyl sites for hydroxylation is 1. The molecule has 0 radical (unpaired) electrons. The number of thioether (sulfide) groups is 1. The predicted molar refractivity (Wildman–Crippen MR) is 80.8 cm³/mol. The van der Waals surface area contributed by atoms with Crippen molar-refractivity contribution in [2.75, 3.05) is 0 Å². The molecule has 0 aliphatic carbocycles. The summed E-state index contributed by atoms with van der Waals surface area (Å²) in [6.07, 6.45) is 0. The number of rotatable bonds is 3. The molecule has 2 aromatic carbocycles. The van der Waals surface area contributed by atoms with Gasteiger partial charge in [-0.2, -0.15) is 0 Å². The second-order valence-corrected chi connectivity index (χ2v) is 5.31. The maximum Gasteiger partial charge on any atom is 0.290 e. The second-order valence-electron chi connectivity index (χ2n) is 3.91. The second kappa shape index (κ2) is 8.61. The summed E-state index contributed by atoms with van der Waals surface area (Å²) in [5, 5.41) is 7.53. The fraction of sp³-hybridized carbons (Fsp3) is 0.133. The third-order valence-corrected chi connectivity index (χ3v) is 4.15. The lowest BCUT2D eigenvalue weighted by molar-refractivity contribution is -0.122. The van der Waals surface area contributed by atoms with E-state index in [2.05, 4.69) is 0 Å². The topological polar surface area (TPSA) is 37.3 Å². The van der Waals surface area contributed by atoms with Gasteiger partial charge in [0, 0.05) is 10.6 Å². The first-order valence-corrected chi connectivity index (χ1v) is 7.15. The molecule has 0 spiro atoms. The van der Waals surface area contributed by atoms with Gasteiger partial charge in [0.15, 0.2) is 0 Å². The molecule has 106 valence electrons. The van der Waals surface area contributed by atoms with E-state index in [9.17, 15) is 4.39 Å². The fourth-order valence-corrected chi connectivity index (χ4v) is 2.81. The first-order valence-electron chi connectivity index (χ1n) is 5.78. The van der Waals surface area contributed by atoms with Crippen LogP contribution in [0.25, 0.3) is 0 Å². The normalized spacial score (nSPS) is 9.55. The van der Waals surface area contributed by atoms with Crippen LogP contribution in [0.5, 0.6) is 0 Å². The summed E-state index contributed by atoms with van der Waals surface area (Å²) >= 11 is 7.70. The largest absolute Gasteiger partial charge is 0.483 e. The monoisotopic (exact) mass is 312 g/mol. The summed E-state index contributed by atoms with van der Waals surface area (Å²) < 4.78 is 13.3. The van der Waals surface area contributed by atoms with Gasteiger partial charge < -0.3 is 5.11 Å². The van der Waals surface area contributed by atoms with Gasteiger partial charge in [-0.15, -0.1) is 11.8 Å². The van der Waals surface area contributed by atoms with Gasteiger partial charge in [-0.1, -0.05) is 41.9 Å². The Bertz CT molecular complexity index is 561. The van der Waals surface area contributed by atoms with Crippen LogP contribution in [0.1, 0.15) is 11.1 Å². The van der Waals surface area contributed by atoms with Crippen molar-refractivity contribution in [3.8, 4) is 0 Å². The van der Waals surface area contributed by atoms with Crippen molar-refractivity contribution in [2.24, 2.45) is 0 Å². The molecule has 2 nitrogen and oxygen atoms in total. The summed E-state index contributed by atoms with van der Waals surface area (Å²) in [5.41, 5.74) is 1.98. The van der Waals surface area contributed by atoms with Gasteiger partial charge in [0.2, 0.25) is 0 Å². The van der Waals surface area contributed by atoms with E-state index < -0.39 is 0 Å². The molecule has 5 heteroatoms. The maximum atomic E-state index is 13.3. The molecule has 0 aliphatic rings. The van der Waals surface area contributed by atoms with Crippen LogP contribution in [-0.4, -0.2) is 11.6 Å². The van der Waals surface area contributed by atoms with Gasteiger partial charge in [0.1, 0.15) is 5.82 Å². The highest BCUT2D eigenvalue weighted by Gasteiger charge is 2.07. The number of hydrogen-bond donors (Lipinski definition) is 1. The number of carboxylic acid groups (broad SMARTS) is 1. The minimum absolute atomic E-state index is 0.234. The molecular formula is C15H14ClFO2S. The first-order chi connectivity index (χ1) is 9.58.